The lowest BCUT2D eigenvalue weighted by Gasteiger charge is -2.35. The first-order chi connectivity index (χ1) is 8.76. The van der Waals surface area contributed by atoms with Crippen LogP contribution in [0.15, 0.2) is 0 Å². The van der Waals surface area contributed by atoms with Crippen LogP contribution in [-0.2, 0) is 13.3 Å². The standard InChI is InChI=1S/C14H30O3Si/c1-4-10-15-18(16-11-5-2,17-12-6-3)13-14-8-7-9-14/h14H,4-13H2,1-3H3. The zero-order valence-corrected chi connectivity index (χ0v) is 13.4. The quantitative estimate of drug-likeness (QED) is 0.533. The van der Waals surface area contributed by atoms with Crippen molar-refractivity contribution in [3.63, 3.8) is 0 Å². The van der Waals surface area contributed by atoms with Gasteiger partial charge in [-0.25, -0.2) is 0 Å². The van der Waals surface area contributed by atoms with Crippen LogP contribution in [0.5, 0.6) is 0 Å². The Hall–Kier alpha value is 0.0969. The topological polar surface area (TPSA) is 27.7 Å². The van der Waals surface area contributed by atoms with Crippen LogP contribution >= 0.6 is 0 Å². The van der Waals surface area contributed by atoms with Crippen LogP contribution in [-0.4, -0.2) is 28.6 Å². The Kier molecular flexibility index (Phi) is 8.14. The average molecular weight is 274 g/mol. The molecule has 0 aromatic carbocycles. The number of hydrogen-bond acceptors (Lipinski definition) is 3. The Morgan fingerprint density at radius 3 is 1.56 bits per heavy atom. The van der Waals surface area contributed by atoms with Crippen molar-refractivity contribution in [3.05, 3.63) is 0 Å². The maximum Gasteiger partial charge on any atom is 0.501 e. The normalized spacial score (nSPS) is 16.8. The van der Waals surface area contributed by atoms with Crippen molar-refractivity contribution in [2.75, 3.05) is 19.8 Å². The molecule has 0 radical (unpaired) electrons. The van der Waals surface area contributed by atoms with E-state index in [0.29, 0.717) is 0 Å². The van der Waals surface area contributed by atoms with Gasteiger partial charge >= 0.3 is 8.80 Å². The summed E-state index contributed by atoms with van der Waals surface area (Å²) in [6.07, 6.45) is 7.12. The van der Waals surface area contributed by atoms with Crippen LogP contribution in [0.2, 0.25) is 6.04 Å². The van der Waals surface area contributed by atoms with E-state index in [1.54, 1.807) is 0 Å². The molecule has 18 heavy (non-hydrogen) atoms. The van der Waals surface area contributed by atoms with E-state index in [4.69, 9.17) is 13.3 Å². The van der Waals surface area contributed by atoms with Gasteiger partial charge in [-0.05, 0) is 25.2 Å². The van der Waals surface area contributed by atoms with Crippen molar-refractivity contribution in [1.82, 2.24) is 0 Å². The predicted molar refractivity (Wildman–Crippen MR) is 76.6 cm³/mol. The van der Waals surface area contributed by atoms with Crippen LogP contribution < -0.4 is 0 Å². The van der Waals surface area contributed by atoms with Crippen molar-refractivity contribution in [1.29, 1.82) is 0 Å². The molecule has 3 nitrogen and oxygen atoms in total. The minimum Gasteiger partial charge on any atom is -0.373 e. The summed E-state index contributed by atoms with van der Waals surface area (Å²) in [5, 5.41) is 0. The number of hydrogen-bond donors (Lipinski definition) is 0. The van der Waals surface area contributed by atoms with E-state index in [1.165, 1.54) is 19.3 Å². The SMILES string of the molecule is CCCO[Si](CC1CCC1)(OCCC)OCCC. The first-order valence-electron chi connectivity index (χ1n) is 7.68. The summed E-state index contributed by atoms with van der Waals surface area (Å²) in [4.78, 5) is 0. The van der Waals surface area contributed by atoms with Crippen LogP contribution in [0.25, 0.3) is 0 Å². The van der Waals surface area contributed by atoms with Crippen LogP contribution in [0.1, 0.15) is 59.3 Å². The van der Waals surface area contributed by atoms with Crippen LogP contribution in [0, 0.1) is 5.92 Å². The molecule has 0 unspecified atom stereocenters. The van der Waals surface area contributed by atoms with Crippen molar-refractivity contribution >= 4 is 8.80 Å². The summed E-state index contributed by atoms with van der Waals surface area (Å²) < 4.78 is 18.3. The molecule has 0 aromatic rings. The van der Waals surface area contributed by atoms with Crippen LogP contribution in [0.4, 0.5) is 0 Å². The molecule has 4 heteroatoms. The summed E-state index contributed by atoms with van der Waals surface area (Å²) >= 11 is 0. The molecule has 1 rings (SSSR count). The summed E-state index contributed by atoms with van der Waals surface area (Å²) in [6.45, 7) is 8.73. The average Bonchev–Trinajstić information content (AvgIpc) is 2.35. The molecule has 0 N–H and O–H groups in total. The Balaban J connectivity index is 2.55. The highest BCUT2D eigenvalue weighted by Gasteiger charge is 2.44. The van der Waals surface area contributed by atoms with E-state index >= 15 is 0 Å². The van der Waals surface area contributed by atoms with Gasteiger partial charge in [-0.2, -0.15) is 0 Å². The van der Waals surface area contributed by atoms with Gasteiger partial charge in [-0.3, -0.25) is 0 Å². The maximum absolute atomic E-state index is 6.08. The van der Waals surface area contributed by atoms with E-state index < -0.39 is 8.80 Å². The van der Waals surface area contributed by atoms with Crippen molar-refractivity contribution < 1.29 is 13.3 Å². The van der Waals surface area contributed by atoms with E-state index in [0.717, 1.165) is 51.0 Å². The molecule has 0 aliphatic heterocycles. The number of rotatable bonds is 11. The molecular weight excluding hydrogens is 244 g/mol. The predicted octanol–water partition coefficient (Wildman–Crippen LogP) is 4.01. The Labute approximate surface area is 114 Å². The minimum atomic E-state index is -2.39. The van der Waals surface area contributed by atoms with E-state index in [-0.39, 0.29) is 0 Å². The maximum atomic E-state index is 6.08. The zero-order valence-electron chi connectivity index (χ0n) is 12.4. The second-order valence-corrected chi connectivity index (χ2v) is 7.87. The largest absolute Gasteiger partial charge is 0.501 e. The molecular formula is C14H30O3Si. The van der Waals surface area contributed by atoms with Gasteiger partial charge < -0.3 is 13.3 Å². The second kappa shape index (κ2) is 9.07. The first kappa shape index (κ1) is 16.2. The minimum absolute atomic E-state index is 0.770. The monoisotopic (exact) mass is 274 g/mol. The van der Waals surface area contributed by atoms with E-state index in [1.807, 2.05) is 0 Å². The molecule has 0 spiro atoms. The second-order valence-electron chi connectivity index (χ2n) is 5.23. The van der Waals surface area contributed by atoms with E-state index in [2.05, 4.69) is 20.8 Å². The highest BCUT2D eigenvalue weighted by molar-refractivity contribution is 6.60. The lowest BCUT2D eigenvalue weighted by molar-refractivity contribution is 0.0514. The molecule has 0 bridgehead atoms. The molecule has 0 amide bonds. The first-order valence-corrected chi connectivity index (χ1v) is 9.61. The van der Waals surface area contributed by atoms with Crippen molar-refractivity contribution in [2.45, 2.75) is 65.3 Å². The third-order valence-electron chi connectivity index (χ3n) is 3.34. The van der Waals surface area contributed by atoms with Crippen molar-refractivity contribution in [2.24, 2.45) is 5.92 Å². The fraction of sp³-hybridized carbons (Fsp3) is 1.00. The fourth-order valence-electron chi connectivity index (χ4n) is 2.12. The lowest BCUT2D eigenvalue weighted by atomic mass is 9.87. The summed E-state index contributed by atoms with van der Waals surface area (Å²) in [5.74, 6) is 0.780. The summed E-state index contributed by atoms with van der Waals surface area (Å²) in [7, 11) is -2.39. The molecule has 1 aliphatic carbocycles. The molecule has 0 aromatic heterocycles. The Bertz CT molecular complexity index is 185. The van der Waals surface area contributed by atoms with Gasteiger partial charge in [0.25, 0.3) is 0 Å². The van der Waals surface area contributed by atoms with Gasteiger partial charge in [0.05, 0.1) is 0 Å². The van der Waals surface area contributed by atoms with E-state index in [9.17, 15) is 0 Å². The van der Waals surface area contributed by atoms with Crippen LogP contribution in [0.3, 0.4) is 0 Å². The third-order valence-corrected chi connectivity index (χ3v) is 6.35. The molecule has 0 atom stereocenters. The Morgan fingerprint density at radius 1 is 0.833 bits per heavy atom. The van der Waals surface area contributed by atoms with Gasteiger partial charge in [0.2, 0.25) is 0 Å². The zero-order chi connectivity index (χ0) is 13.3. The summed E-state index contributed by atoms with van der Waals surface area (Å²) in [5.41, 5.74) is 0. The third kappa shape index (κ3) is 5.39. The smallest absolute Gasteiger partial charge is 0.373 e. The highest BCUT2D eigenvalue weighted by Crippen LogP contribution is 2.35. The molecule has 1 aliphatic rings. The molecule has 0 saturated heterocycles. The van der Waals surface area contributed by atoms with Gasteiger partial charge in [0.1, 0.15) is 0 Å². The summed E-state index contributed by atoms with van der Waals surface area (Å²) in [6, 6.07) is 1.03. The molecule has 1 fully saturated rings. The van der Waals surface area contributed by atoms with Gasteiger partial charge in [-0.15, -0.1) is 0 Å². The Morgan fingerprint density at radius 2 is 1.28 bits per heavy atom. The fourth-order valence-corrected chi connectivity index (χ4v) is 5.39. The van der Waals surface area contributed by atoms with Crippen molar-refractivity contribution in [3.8, 4) is 0 Å². The molecule has 0 heterocycles. The van der Waals surface area contributed by atoms with Gasteiger partial charge in [0, 0.05) is 25.9 Å². The highest BCUT2D eigenvalue weighted by atomic mass is 28.4. The lowest BCUT2D eigenvalue weighted by Crippen LogP contribution is -2.48. The van der Waals surface area contributed by atoms with Gasteiger partial charge in [-0.1, -0.05) is 40.0 Å². The molecule has 1 saturated carbocycles. The molecule has 108 valence electrons. The van der Waals surface area contributed by atoms with Gasteiger partial charge in [0.15, 0.2) is 0 Å².